The zero-order chi connectivity index (χ0) is 12.1. The Bertz CT molecular complexity index is 536. The molecule has 88 valence electrons. The number of H-pyrrole nitrogens is 1. The molecule has 0 saturated carbocycles. The minimum atomic E-state index is -0.195. The third kappa shape index (κ3) is 2.90. The SMILES string of the molecule is CCNc1nnc(Cc2ccccc2)c(=O)[nH]1. The number of nitrogens with zero attached hydrogens (tertiary/aromatic N) is 2. The number of rotatable bonds is 4. The molecule has 0 bridgehead atoms. The second-order valence-electron chi connectivity index (χ2n) is 3.64. The van der Waals surface area contributed by atoms with Crippen LogP contribution in [0.25, 0.3) is 0 Å². The van der Waals surface area contributed by atoms with Crippen molar-refractivity contribution in [3.05, 3.63) is 51.9 Å². The number of aromatic nitrogens is 3. The molecule has 17 heavy (non-hydrogen) atoms. The molecule has 0 atom stereocenters. The molecule has 0 amide bonds. The van der Waals surface area contributed by atoms with Gasteiger partial charge in [-0.15, -0.1) is 10.2 Å². The van der Waals surface area contributed by atoms with E-state index >= 15 is 0 Å². The lowest BCUT2D eigenvalue weighted by Gasteiger charge is -2.02. The van der Waals surface area contributed by atoms with E-state index in [2.05, 4.69) is 20.5 Å². The standard InChI is InChI=1S/C12H14N4O/c1-2-13-12-14-11(17)10(15-16-12)8-9-6-4-3-5-7-9/h3-7H,2,8H2,1H3,(H2,13,14,16,17). The van der Waals surface area contributed by atoms with Gasteiger partial charge in [-0.1, -0.05) is 30.3 Å². The Hall–Kier alpha value is -2.17. The largest absolute Gasteiger partial charge is 0.355 e. The number of hydrogen-bond donors (Lipinski definition) is 2. The second kappa shape index (κ2) is 5.25. The molecule has 1 aromatic heterocycles. The van der Waals surface area contributed by atoms with E-state index in [1.165, 1.54) is 0 Å². The summed E-state index contributed by atoms with van der Waals surface area (Å²) >= 11 is 0. The van der Waals surface area contributed by atoms with Gasteiger partial charge in [-0.2, -0.15) is 0 Å². The molecule has 0 saturated heterocycles. The van der Waals surface area contributed by atoms with Gasteiger partial charge >= 0.3 is 0 Å². The first kappa shape index (κ1) is 11.3. The maximum absolute atomic E-state index is 11.7. The topological polar surface area (TPSA) is 70.7 Å². The van der Waals surface area contributed by atoms with Crippen LogP contribution in [0.2, 0.25) is 0 Å². The molecule has 0 unspecified atom stereocenters. The average molecular weight is 230 g/mol. The molecule has 5 heteroatoms. The monoisotopic (exact) mass is 230 g/mol. The van der Waals surface area contributed by atoms with Crippen molar-refractivity contribution in [1.29, 1.82) is 0 Å². The lowest BCUT2D eigenvalue weighted by molar-refractivity contribution is 0.863. The molecule has 0 fully saturated rings. The van der Waals surface area contributed by atoms with Gasteiger partial charge in [0.15, 0.2) is 0 Å². The van der Waals surface area contributed by atoms with E-state index in [1.807, 2.05) is 37.3 Å². The summed E-state index contributed by atoms with van der Waals surface area (Å²) in [5.41, 5.74) is 1.28. The summed E-state index contributed by atoms with van der Waals surface area (Å²) in [6.45, 7) is 2.63. The van der Waals surface area contributed by atoms with Crippen LogP contribution in [0.1, 0.15) is 18.2 Å². The van der Waals surface area contributed by atoms with E-state index in [-0.39, 0.29) is 5.56 Å². The molecule has 0 radical (unpaired) electrons. The Labute approximate surface area is 98.9 Å². The lowest BCUT2D eigenvalue weighted by Crippen LogP contribution is -2.19. The zero-order valence-electron chi connectivity index (χ0n) is 9.60. The Morgan fingerprint density at radius 1 is 1.24 bits per heavy atom. The van der Waals surface area contributed by atoms with Crippen molar-refractivity contribution in [2.45, 2.75) is 13.3 Å². The first-order valence-electron chi connectivity index (χ1n) is 5.53. The number of anilines is 1. The fraction of sp³-hybridized carbons (Fsp3) is 0.250. The minimum Gasteiger partial charge on any atom is -0.355 e. The fourth-order valence-electron chi connectivity index (χ4n) is 1.51. The van der Waals surface area contributed by atoms with Crippen molar-refractivity contribution in [3.8, 4) is 0 Å². The Morgan fingerprint density at radius 2 is 2.00 bits per heavy atom. The van der Waals surface area contributed by atoms with Crippen molar-refractivity contribution in [2.24, 2.45) is 0 Å². The van der Waals surface area contributed by atoms with Crippen LogP contribution in [-0.2, 0) is 6.42 Å². The van der Waals surface area contributed by atoms with Crippen LogP contribution in [0.15, 0.2) is 35.1 Å². The summed E-state index contributed by atoms with van der Waals surface area (Å²) in [5.74, 6) is 0.411. The molecule has 5 nitrogen and oxygen atoms in total. The zero-order valence-corrected chi connectivity index (χ0v) is 9.60. The second-order valence-corrected chi connectivity index (χ2v) is 3.64. The van der Waals surface area contributed by atoms with Gasteiger partial charge in [-0.05, 0) is 12.5 Å². The van der Waals surface area contributed by atoms with Crippen LogP contribution in [0.5, 0.6) is 0 Å². The highest BCUT2D eigenvalue weighted by molar-refractivity contribution is 5.24. The van der Waals surface area contributed by atoms with Crippen molar-refractivity contribution in [3.63, 3.8) is 0 Å². The van der Waals surface area contributed by atoms with Crippen molar-refractivity contribution < 1.29 is 0 Å². The Kier molecular flexibility index (Phi) is 3.49. The maximum atomic E-state index is 11.7. The van der Waals surface area contributed by atoms with Crippen molar-refractivity contribution in [2.75, 3.05) is 11.9 Å². The van der Waals surface area contributed by atoms with Gasteiger partial charge in [-0.3, -0.25) is 9.78 Å². The molecule has 1 aromatic carbocycles. The molecule has 2 N–H and O–H groups in total. The average Bonchev–Trinajstić information content (AvgIpc) is 2.34. The molecule has 0 spiro atoms. The first-order chi connectivity index (χ1) is 8.29. The van der Waals surface area contributed by atoms with Gasteiger partial charge in [-0.25, -0.2) is 0 Å². The highest BCUT2D eigenvalue weighted by atomic mass is 16.1. The number of nitrogens with one attached hydrogen (secondary N) is 2. The maximum Gasteiger partial charge on any atom is 0.274 e. The molecule has 2 rings (SSSR count). The van der Waals surface area contributed by atoms with Crippen LogP contribution < -0.4 is 10.9 Å². The molecule has 0 aliphatic carbocycles. The van der Waals surface area contributed by atoms with Crippen LogP contribution in [0.4, 0.5) is 5.95 Å². The van der Waals surface area contributed by atoms with E-state index < -0.39 is 0 Å². The quantitative estimate of drug-likeness (QED) is 0.827. The van der Waals surface area contributed by atoms with E-state index in [1.54, 1.807) is 0 Å². The molecule has 1 heterocycles. The summed E-state index contributed by atoms with van der Waals surface area (Å²) in [4.78, 5) is 14.4. The van der Waals surface area contributed by atoms with E-state index in [0.717, 1.165) is 5.56 Å². The number of benzene rings is 1. The van der Waals surface area contributed by atoms with Gasteiger partial charge in [0.2, 0.25) is 5.95 Å². The Balaban J connectivity index is 2.20. The molecule has 0 aliphatic rings. The van der Waals surface area contributed by atoms with Gasteiger partial charge in [0, 0.05) is 13.0 Å². The highest BCUT2D eigenvalue weighted by Crippen LogP contribution is 2.03. The summed E-state index contributed by atoms with van der Waals surface area (Å²) in [6.07, 6.45) is 0.496. The third-order valence-corrected chi connectivity index (χ3v) is 2.32. The van der Waals surface area contributed by atoms with E-state index in [0.29, 0.717) is 24.6 Å². The number of hydrogen-bond acceptors (Lipinski definition) is 4. The van der Waals surface area contributed by atoms with Gasteiger partial charge in [0.1, 0.15) is 5.69 Å². The summed E-state index contributed by atoms with van der Waals surface area (Å²) in [6, 6.07) is 9.72. The smallest absolute Gasteiger partial charge is 0.274 e. The van der Waals surface area contributed by atoms with Crippen LogP contribution in [0, 0.1) is 0 Å². The van der Waals surface area contributed by atoms with Crippen LogP contribution in [0.3, 0.4) is 0 Å². The molecule has 0 aliphatic heterocycles. The van der Waals surface area contributed by atoms with Gasteiger partial charge in [0.05, 0.1) is 0 Å². The van der Waals surface area contributed by atoms with E-state index in [4.69, 9.17) is 0 Å². The third-order valence-electron chi connectivity index (χ3n) is 2.32. The summed E-state index contributed by atoms with van der Waals surface area (Å²) < 4.78 is 0. The highest BCUT2D eigenvalue weighted by Gasteiger charge is 2.04. The van der Waals surface area contributed by atoms with Crippen LogP contribution in [-0.4, -0.2) is 21.7 Å². The van der Waals surface area contributed by atoms with E-state index in [9.17, 15) is 4.79 Å². The summed E-state index contributed by atoms with van der Waals surface area (Å²) in [7, 11) is 0. The normalized spacial score (nSPS) is 10.2. The fourth-order valence-corrected chi connectivity index (χ4v) is 1.51. The molecular formula is C12H14N4O. The van der Waals surface area contributed by atoms with Gasteiger partial charge < -0.3 is 5.32 Å². The summed E-state index contributed by atoms with van der Waals surface area (Å²) in [5, 5.41) is 10.8. The first-order valence-corrected chi connectivity index (χ1v) is 5.53. The minimum absolute atomic E-state index is 0.195. The molecular weight excluding hydrogens is 216 g/mol. The van der Waals surface area contributed by atoms with Gasteiger partial charge in [0.25, 0.3) is 5.56 Å². The van der Waals surface area contributed by atoms with Crippen molar-refractivity contribution in [1.82, 2.24) is 15.2 Å². The number of aromatic amines is 1. The lowest BCUT2D eigenvalue weighted by atomic mass is 10.1. The predicted molar refractivity (Wildman–Crippen MR) is 66.1 cm³/mol. The van der Waals surface area contributed by atoms with Crippen molar-refractivity contribution >= 4 is 5.95 Å². The Morgan fingerprint density at radius 3 is 2.65 bits per heavy atom. The molecule has 2 aromatic rings. The predicted octanol–water partition coefficient (Wildman–Crippen LogP) is 1.19. The van der Waals surface area contributed by atoms with Crippen LogP contribution >= 0.6 is 0 Å².